The Kier molecular flexibility index (Phi) is 9.53. The molecule has 32 heavy (non-hydrogen) atoms. The molecule has 0 saturated carbocycles. The van der Waals surface area contributed by atoms with E-state index in [2.05, 4.69) is 0 Å². The quantitative estimate of drug-likeness (QED) is 0.483. The zero-order chi connectivity index (χ0) is 23.7. The molecule has 0 unspecified atom stereocenters. The van der Waals surface area contributed by atoms with E-state index in [-0.39, 0.29) is 10.8 Å². The third-order valence-electron chi connectivity index (χ3n) is 5.50. The van der Waals surface area contributed by atoms with E-state index in [1.165, 1.54) is 4.31 Å². The summed E-state index contributed by atoms with van der Waals surface area (Å²) in [6, 6.07) is 12.6. The number of hydrogen-bond acceptors (Lipinski definition) is 5. The number of carbonyl (C=O) groups is 1. The first-order valence-electron chi connectivity index (χ1n) is 10.8. The summed E-state index contributed by atoms with van der Waals surface area (Å²) in [5.41, 5.74) is 2.00. The lowest BCUT2D eigenvalue weighted by molar-refractivity contribution is -0.129. The number of hydrogen-bond donors (Lipinski definition) is 0. The summed E-state index contributed by atoms with van der Waals surface area (Å²) in [7, 11) is 1.53. The molecule has 0 aliphatic rings. The number of sulfonamides is 1. The van der Waals surface area contributed by atoms with E-state index in [4.69, 9.17) is 9.47 Å². The van der Waals surface area contributed by atoms with Crippen molar-refractivity contribution in [1.29, 1.82) is 0 Å². The van der Waals surface area contributed by atoms with Gasteiger partial charge in [0.15, 0.2) is 11.5 Å². The van der Waals surface area contributed by atoms with Gasteiger partial charge < -0.3 is 14.4 Å². The molecule has 176 valence electrons. The van der Waals surface area contributed by atoms with Crippen molar-refractivity contribution in [2.24, 2.45) is 0 Å². The lowest BCUT2D eigenvalue weighted by atomic mass is 10.1. The van der Waals surface area contributed by atoms with Crippen molar-refractivity contribution in [3.05, 3.63) is 53.6 Å². The minimum atomic E-state index is -3.46. The molecule has 0 aromatic heterocycles. The molecule has 0 N–H and O–H groups in total. The van der Waals surface area contributed by atoms with Gasteiger partial charge in [-0.2, -0.15) is 4.31 Å². The normalized spacial score (nSPS) is 11.4. The Balaban J connectivity index is 1.89. The van der Waals surface area contributed by atoms with E-state index in [9.17, 15) is 13.2 Å². The van der Waals surface area contributed by atoms with Gasteiger partial charge in [0.1, 0.15) is 0 Å². The van der Waals surface area contributed by atoms with Crippen molar-refractivity contribution >= 4 is 15.9 Å². The summed E-state index contributed by atoms with van der Waals surface area (Å²) in [6.45, 7) is 5.11. The van der Waals surface area contributed by atoms with E-state index in [1.807, 2.05) is 32.0 Å². The van der Waals surface area contributed by atoms with E-state index >= 15 is 0 Å². The predicted molar refractivity (Wildman–Crippen MR) is 126 cm³/mol. The average Bonchev–Trinajstić information content (AvgIpc) is 2.81. The Labute approximate surface area is 192 Å². The molecule has 0 aliphatic heterocycles. The Morgan fingerprint density at radius 1 is 0.875 bits per heavy atom. The summed E-state index contributed by atoms with van der Waals surface area (Å²) >= 11 is 0. The molecule has 1 amide bonds. The third-order valence-corrected chi connectivity index (χ3v) is 7.57. The molecule has 0 spiro atoms. The van der Waals surface area contributed by atoms with Crippen LogP contribution in [0, 0.1) is 0 Å². The van der Waals surface area contributed by atoms with Crippen LogP contribution < -0.4 is 9.47 Å². The molecule has 2 aromatic rings. The van der Waals surface area contributed by atoms with Crippen LogP contribution in [0.15, 0.2) is 47.4 Å². The van der Waals surface area contributed by atoms with Crippen LogP contribution in [0.4, 0.5) is 0 Å². The van der Waals surface area contributed by atoms with Crippen LogP contribution in [0.3, 0.4) is 0 Å². The fraction of sp³-hybridized carbons (Fsp3) is 0.458. The fourth-order valence-electron chi connectivity index (χ4n) is 3.44. The van der Waals surface area contributed by atoms with Crippen LogP contribution in [0.1, 0.15) is 31.4 Å². The number of benzene rings is 2. The highest BCUT2D eigenvalue weighted by Crippen LogP contribution is 2.27. The maximum atomic E-state index is 12.6. The Morgan fingerprint density at radius 2 is 1.47 bits per heavy atom. The van der Waals surface area contributed by atoms with Crippen molar-refractivity contribution in [2.45, 2.75) is 38.0 Å². The van der Waals surface area contributed by atoms with Crippen molar-refractivity contribution < 1.29 is 22.7 Å². The van der Waals surface area contributed by atoms with Crippen LogP contribution in [0.5, 0.6) is 11.5 Å². The Hall–Kier alpha value is -2.58. The lowest BCUT2D eigenvalue weighted by Gasteiger charge is -2.19. The highest BCUT2D eigenvalue weighted by atomic mass is 32.2. The Morgan fingerprint density at radius 3 is 2.03 bits per heavy atom. The maximum Gasteiger partial charge on any atom is 0.243 e. The molecule has 8 heteroatoms. The second-order valence-electron chi connectivity index (χ2n) is 7.49. The first kappa shape index (κ1) is 25.7. The van der Waals surface area contributed by atoms with E-state index < -0.39 is 10.0 Å². The van der Waals surface area contributed by atoms with Gasteiger partial charge in [0.25, 0.3) is 0 Å². The smallest absolute Gasteiger partial charge is 0.243 e. The zero-order valence-corrected chi connectivity index (χ0v) is 20.4. The molecule has 7 nitrogen and oxygen atoms in total. The van der Waals surface area contributed by atoms with Crippen LogP contribution in [-0.4, -0.2) is 64.4 Å². The molecule has 0 atom stereocenters. The summed E-state index contributed by atoms with van der Waals surface area (Å²) < 4.78 is 37.2. The van der Waals surface area contributed by atoms with Crippen molar-refractivity contribution in [3.8, 4) is 11.5 Å². The van der Waals surface area contributed by atoms with Crippen molar-refractivity contribution in [2.75, 3.05) is 40.9 Å². The second-order valence-corrected chi connectivity index (χ2v) is 9.43. The minimum Gasteiger partial charge on any atom is -0.493 e. The molecule has 0 fully saturated rings. The number of amides is 1. The van der Waals surface area contributed by atoms with Crippen LogP contribution in [0.25, 0.3) is 0 Å². The zero-order valence-electron chi connectivity index (χ0n) is 19.6. The van der Waals surface area contributed by atoms with Gasteiger partial charge in [0, 0.05) is 33.1 Å². The first-order valence-corrected chi connectivity index (χ1v) is 12.2. The molecular formula is C24H34N2O5S. The summed E-state index contributed by atoms with van der Waals surface area (Å²) in [5.74, 6) is 1.40. The van der Waals surface area contributed by atoms with Crippen LogP contribution in [0.2, 0.25) is 0 Å². The number of carbonyl (C=O) groups excluding carboxylic acids is 1. The monoisotopic (exact) mass is 462 g/mol. The molecular weight excluding hydrogens is 428 g/mol. The van der Waals surface area contributed by atoms with Gasteiger partial charge in [-0.25, -0.2) is 8.42 Å². The van der Waals surface area contributed by atoms with Gasteiger partial charge in [0.2, 0.25) is 15.9 Å². The largest absolute Gasteiger partial charge is 0.493 e. The van der Waals surface area contributed by atoms with E-state index in [1.54, 1.807) is 50.4 Å². The molecule has 0 bridgehead atoms. The number of aryl methyl sites for hydroxylation is 1. The molecule has 0 radical (unpaired) electrons. The lowest BCUT2D eigenvalue weighted by Crippen LogP contribution is -2.30. The topological polar surface area (TPSA) is 76.2 Å². The highest BCUT2D eigenvalue weighted by Gasteiger charge is 2.21. The molecule has 0 heterocycles. The maximum absolute atomic E-state index is 12.6. The van der Waals surface area contributed by atoms with Gasteiger partial charge in [-0.3, -0.25) is 4.79 Å². The number of nitrogens with zero attached hydrogens (tertiary/aromatic N) is 2. The highest BCUT2D eigenvalue weighted by molar-refractivity contribution is 7.89. The second kappa shape index (κ2) is 11.9. The number of ether oxygens (including phenoxy) is 2. The standard InChI is InChI=1S/C24H34N2O5S/c1-6-26(7-2)32(28,29)21-12-8-19(9-13-21)11-15-24(27)25(3)17-16-20-10-14-22(30-4)23(18-20)31-5/h8-10,12-14,18H,6-7,11,15-17H2,1-5H3. The predicted octanol–water partition coefficient (Wildman–Crippen LogP) is 3.37. The molecule has 2 aromatic carbocycles. The van der Waals surface area contributed by atoms with Gasteiger partial charge in [-0.05, 0) is 48.2 Å². The number of methoxy groups -OCH3 is 2. The number of likely N-dealkylation sites (N-methyl/N-ethyl adjacent to an activating group) is 1. The SMILES string of the molecule is CCN(CC)S(=O)(=O)c1ccc(CCC(=O)N(C)CCc2ccc(OC)c(OC)c2)cc1. The van der Waals surface area contributed by atoms with E-state index in [0.717, 1.165) is 11.1 Å². The van der Waals surface area contributed by atoms with Crippen molar-refractivity contribution in [3.63, 3.8) is 0 Å². The van der Waals surface area contributed by atoms with Crippen molar-refractivity contribution in [1.82, 2.24) is 9.21 Å². The summed E-state index contributed by atoms with van der Waals surface area (Å²) in [5, 5.41) is 0. The van der Waals surface area contributed by atoms with Gasteiger partial charge in [-0.15, -0.1) is 0 Å². The van der Waals surface area contributed by atoms with Crippen LogP contribution in [-0.2, 0) is 27.7 Å². The average molecular weight is 463 g/mol. The van der Waals surface area contributed by atoms with Gasteiger partial charge >= 0.3 is 0 Å². The van der Waals surface area contributed by atoms with Crippen LogP contribution >= 0.6 is 0 Å². The molecule has 0 aliphatic carbocycles. The minimum absolute atomic E-state index is 0.0466. The third kappa shape index (κ3) is 6.46. The van der Waals surface area contributed by atoms with Gasteiger partial charge in [-0.1, -0.05) is 32.0 Å². The summed E-state index contributed by atoms with van der Waals surface area (Å²) in [4.78, 5) is 14.5. The summed E-state index contributed by atoms with van der Waals surface area (Å²) in [6.07, 6.45) is 1.64. The fourth-order valence-corrected chi connectivity index (χ4v) is 4.90. The van der Waals surface area contributed by atoms with E-state index in [0.29, 0.717) is 50.4 Å². The number of rotatable bonds is 12. The Bertz CT molecular complexity index is 986. The van der Waals surface area contributed by atoms with Gasteiger partial charge in [0.05, 0.1) is 19.1 Å². The molecule has 2 rings (SSSR count). The molecule has 0 saturated heterocycles. The first-order chi connectivity index (χ1) is 15.3.